The van der Waals surface area contributed by atoms with Crippen molar-refractivity contribution in [3.8, 4) is 0 Å². The Morgan fingerprint density at radius 3 is 2.50 bits per heavy atom. The third kappa shape index (κ3) is 1.53. The number of hydrogen-bond donors (Lipinski definition) is 3. The van der Waals surface area contributed by atoms with E-state index >= 15 is 0 Å². The first-order valence-corrected chi connectivity index (χ1v) is 4.39. The van der Waals surface area contributed by atoms with Gasteiger partial charge in [0.2, 0.25) is 0 Å². The van der Waals surface area contributed by atoms with Gasteiger partial charge in [0, 0.05) is 6.20 Å². The van der Waals surface area contributed by atoms with Crippen LogP contribution in [0.4, 0.5) is 5.82 Å². The van der Waals surface area contributed by atoms with Crippen molar-refractivity contribution in [1.82, 2.24) is 9.32 Å². The molecule has 1 rings (SSSR count). The van der Waals surface area contributed by atoms with Crippen molar-refractivity contribution in [1.29, 1.82) is 0 Å². The van der Waals surface area contributed by atoms with Gasteiger partial charge >= 0.3 is 13.4 Å². The smallest absolute Gasteiger partial charge is 0.385 e. The van der Waals surface area contributed by atoms with Gasteiger partial charge in [-0.25, -0.2) is 14.3 Å². The highest BCUT2D eigenvalue weighted by atomic mass is 31.2. The zero-order valence-electron chi connectivity index (χ0n) is 5.78. The molecule has 7 nitrogen and oxygen atoms in total. The normalized spacial score (nSPS) is 11.5. The minimum Gasteiger partial charge on any atom is -0.385 e. The maximum Gasteiger partial charge on any atom is 0.439 e. The fraction of sp³-hybridized carbons (Fsp3) is 0. The molecule has 0 unspecified atom stereocenters. The summed E-state index contributed by atoms with van der Waals surface area (Å²) in [6, 6.07) is 1.13. The molecule has 0 aliphatic rings. The highest BCUT2D eigenvalue weighted by Gasteiger charge is 2.20. The van der Waals surface area contributed by atoms with Gasteiger partial charge in [0.15, 0.2) is 0 Å². The second kappa shape index (κ2) is 2.71. The number of hydrogen-bond acceptors (Lipinski definition) is 4. The van der Waals surface area contributed by atoms with Crippen LogP contribution in [0.2, 0.25) is 0 Å². The molecular formula is C4H6N3O4P. The summed E-state index contributed by atoms with van der Waals surface area (Å²) in [5, 5.41) is 0. The van der Waals surface area contributed by atoms with E-state index in [0.717, 1.165) is 12.3 Å². The number of aromatic nitrogens is 2. The molecule has 0 saturated heterocycles. The lowest BCUT2D eigenvalue weighted by molar-refractivity contribution is 0.359. The lowest BCUT2D eigenvalue weighted by Crippen LogP contribution is -2.23. The van der Waals surface area contributed by atoms with E-state index in [2.05, 4.69) is 4.98 Å². The standard InChI is InChI=1S/C4H6N3O4P/c5-3-1-2-6-4(8)7(3)12(9,10)11/h1-2H,5H2,(H2,9,10,11). The van der Waals surface area contributed by atoms with Crippen molar-refractivity contribution in [3.05, 3.63) is 22.7 Å². The Labute approximate surface area is 66.7 Å². The van der Waals surface area contributed by atoms with Gasteiger partial charge < -0.3 is 15.5 Å². The van der Waals surface area contributed by atoms with E-state index in [1.807, 2.05) is 0 Å². The van der Waals surface area contributed by atoms with Crippen molar-refractivity contribution in [2.75, 3.05) is 5.73 Å². The van der Waals surface area contributed by atoms with E-state index < -0.39 is 13.4 Å². The molecule has 0 bridgehead atoms. The van der Waals surface area contributed by atoms with Crippen molar-refractivity contribution >= 4 is 13.6 Å². The molecule has 12 heavy (non-hydrogen) atoms. The van der Waals surface area contributed by atoms with Gasteiger partial charge in [0.25, 0.3) is 0 Å². The molecule has 0 atom stereocenters. The first-order valence-electron chi connectivity index (χ1n) is 2.83. The molecule has 0 fully saturated rings. The number of nitrogen functional groups attached to an aromatic ring is 1. The maximum atomic E-state index is 10.8. The fourth-order valence-electron chi connectivity index (χ4n) is 0.675. The van der Waals surface area contributed by atoms with E-state index in [4.69, 9.17) is 15.5 Å². The monoisotopic (exact) mass is 191 g/mol. The maximum absolute atomic E-state index is 10.8. The van der Waals surface area contributed by atoms with Crippen LogP contribution in [0.25, 0.3) is 0 Å². The predicted molar refractivity (Wildman–Crippen MR) is 40.4 cm³/mol. The Balaban J connectivity index is 3.53. The molecule has 1 aromatic rings. The topological polar surface area (TPSA) is 118 Å². The van der Waals surface area contributed by atoms with E-state index in [-0.39, 0.29) is 10.2 Å². The molecule has 8 heteroatoms. The summed E-state index contributed by atoms with van der Waals surface area (Å²) >= 11 is 0. The Morgan fingerprint density at radius 2 is 2.17 bits per heavy atom. The lowest BCUT2D eigenvalue weighted by atomic mass is 10.6. The lowest BCUT2D eigenvalue weighted by Gasteiger charge is -2.07. The number of rotatable bonds is 1. The largest absolute Gasteiger partial charge is 0.439 e. The third-order valence-electron chi connectivity index (χ3n) is 1.12. The Kier molecular flexibility index (Phi) is 2.01. The van der Waals surface area contributed by atoms with Crippen molar-refractivity contribution in [3.63, 3.8) is 0 Å². The summed E-state index contributed by atoms with van der Waals surface area (Å²) in [5.41, 5.74) is 4.07. The second-order valence-corrected chi connectivity index (χ2v) is 3.40. The number of nitrogens with two attached hydrogens (primary N) is 1. The molecule has 0 radical (unpaired) electrons. The van der Waals surface area contributed by atoms with Gasteiger partial charge in [0.05, 0.1) is 0 Å². The molecule has 4 N–H and O–H groups in total. The van der Waals surface area contributed by atoms with Crippen LogP contribution in [0.3, 0.4) is 0 Å². The quantitative estimate of drug-likeness (QED) is 0.478. The van der Waals surface area contributed by atoms with E-state index in [1.54, 1.807) is 0 Å². The summed E-state index contributed by atoms with van der Waals surface area (Å²) in [6.45, 7) is 0. The third-order valence-corrected chi connectivity index (χ3v) is 2.04. The van der Waals surface area contributed by atoms with Gasteiger partial charge in [-0.15, -0.1) is 0 Å². The zero-order chi connectivity index (χ0) is 9.35. The molecular weight excluding hydrogens is 185 g/mol. The highest BCUT2D eigenvalue weighted by molar-refractivity contribution is 7.50. The minimum atomic E-state index is -4.68. The SMILES string of the molecule is Nc1ccnc(=O)n1P(=O)(O)O. The number of nitrogens with zero attached hydrogens (tertiary/aromatic N) is 2. The molecule has 0 amide bonds. The zero-order valence-corrected chi connectivity index (χ0v) is 6.68. The molecule has 1 heterocycles. The molecule has 66 valence electrons. The van der Waals surface area contributed by atoms with Gasteiger partial charge in [-0.3, -0.25) is 0 Å². The average molecular weight is 191 g/mol. The first kappa shape index (κ1) is 8.92. The van der Waals surface area contributed by atoms with Crippen LogP contribution in [0, 0.1) is 0 Å². The molecule has 0 aromatic carbocycles. The summed E-state index contributed by atoms with van der Waals surface area (Å²) in [5.74, 6) is -0.316. The average Bonchev–Trinajstić information content (AvgIpc) is 1.82. The van der Waals surface area contributed by atoms with Gasteiger partial charge in [-0.1, -0.05) is 0 Å². The van der Waals surface area contributed by atoms with Crippen LogP contribution in [0.1, 0.15) is 0 Å². The van der Waals surface area contributed by atoms with E-state index in [9.17, 15) is 9.36 Å². The van der Waals surface area contributed by atoms with Gasteiger partial charge in [-0.05, 0) is 6.07 Å². The van der Waals surface area contributed by atoms with Crippen molar-refractivity contribution in [2.45, 2.75) is 0 Å². The number of anilines is 1. The highest BCUT2D eigenvalue weighted by Crippen LogP contribution is 2.36. The summed E-state index contributed by atoms with van der Waals surface area (Å²) in [4.78, 5) is 31.1. The molecule has 1 aromatic heterocycles. The predicted octanol–water partition coefficient (Wildman–Crippen LogP) is -1.23. The summed E-state index contributed by atoms with van der Waals surface area (Å²) < 4.78 is 10.7. The van der Waals surface area contributed by atoms with Crippen LogP contribution in [-0.4, -0.2) is 19.1 Å². The van der Waals surface area contributed by atoms with Crippen molar-refractivity contribution < 1.29 is 14.4 Å². The van der Waals surface area contributed by atoms with Crippen LogP contribution < -0.4 is 11.4 Å². The van der Waals surface area contributed by atoms with Crippen molar-refractivity contribution in [2.24, 2.45) is 0 Å². The summed E-state index contributed by atoms with van der Waals surface area (Å²) in [6.07, 6.45) is 1.07. The van der Waals surface area contributed by atoms with Crippen LogP contribution >= 0.6 is 7.75 Å². The Hall–Kier alpha value is -1.17. The first-order chi connectivity index (χ1) is 5.43. The fourth-order valence-corrected chi connectivity index (χ4v) is 1.32. The van der Waals surface area contributed by atoms with E-state index in [0.29, 0.717) is 0 Å². The van der Waals surface area contributed by atoms with Gasteiger partial charge in [0.1, 0.15) is 5.82 Å². The molecule has 0 aliphatic heterocycles. The van der Waals surface area contributed by atoms with Crippen LogP contribution in [0.5, 0.6) is 0 Å². The summed E-state index contributed by atoms with van der Waals surface area (Å²) in [7, 11) is -4.68. The molecule has 0 aliphatic carbocycles. The molecule has 0 saturated carbocycles. The second-order valence-electron chi connectivity index (χ2n) is 1.98. The Bertz CT molecular complexity index is 394. The Morgan fingerprint density at radius 1 is 1.58 bits per heavy atom. The van der Waals surface area contributed by atoms with E-state index in [1.165, 1.54) is 0 Å². The van der Waals surface area contributed by atoms with Crippen LogP contribution in [0.15, 0.2) is 17.1 Å². The van der Waals surface area contributed by atoms with Crippen LogP contribution in [-0.2, 0) is 4.57 Å². The minimum absolute atomic E-state index is 0.132. The molecule has 0 spiro atoms. The van der Waals surface area contributed by atoms with Gasteiger partial charge in [-0.2, -0.15) is 4.34 Å².